The molecule has 3 N–H and O–H groups in total. The molecule has 2 aliphatic rings. The third-order valence-corrected chi connectivity index (χ3v) is 9.95. The van der Waals surface area contributed by atoms with Crippen molar-refractivity contribution in [3.8, 4) is 35.4 Å². The van der Waals surface area contributed by atoms with Crippen molar-refractivity contribution in [2.45, 2.75) is 51.6 Å². The van der Waals surface area contributed by atoms with Crippen LogP contribution in [0.15, 0.2) is 58.0 Å². The van der Waals surface area contributed by atoms with E-state index in [0.717, 1.165) is 71.7 Å². The molecule has 0 saturated carbocycles. The third kappa shape index (κ3) is 4.77. The highest BCUT2D eigenvalue weighted by molar-refractivity contribution is 6.03. The summed E-state index contributed by atoms with van der Waals surface area (Å²) in [6.45, 7) is 6.78. The summed E-state index contributed by atoms with van der Waals surface area (Å²) < 4.78 is 12.5. The van der Waals surface area contributed by atoms with Crippen molar-refractivity contribution < 1.29 is 14.3 Å². The van der Waals surface area contributed by atoms with Crippen LogP contribution in [0.25, 0.3) is 44.0 Å². The molecule has 0 amide bonds. The van der Waals surface area contributed by atoms with E-state index in [0.29, 0.717) is 41.2 Å². The molecule has 6 heterocycles. The minimum absolute atomic E-state index is 0.0111. The number of ether oxygens (including phenoxy) is 1. The number of rotatable bonds is 7. The van der Waals surface area contributed by atoms with E-state index < -0.39 is 5.63 Å². The lowest BCUT2D eigenvalue weighted by atomic mass is 9.93. The summed E-state index contributed by atoms with van der Waals surface area (Å²) in [7, 11) is 0. The molecule has 2 aliphatic heterocycles. The van der Waals surface area contributed by atoms with Crippen molar-refractivity contribution in [3.05, 3.63) is 81.5 Å². The highest BCUT2D eigenvalue weighted by atomic mass is 16.5. The number of fused-ring (bicyclic) bond motifs is 4. The predicted octanol–water partition coefficient (Wildman–Crippen LogP) is 6.20. The number of phenolic OH excluding ortho intramolecular Hbond substituents is 1. The van der Waals surface area contributed by atoms with E-state index in [1.807, 2.05) is 44.3 Å². The number of hydrogen-bond donors (Lipinski definition) is 3. The summed E-state index contributed by atoms with van der Waals surface area (Å²) >= 11 is 0. The maximum absolute atomic E-state index is 13.9. The number of nitrogens with one attached hydrogen (secondary N) is 2. The molecule has 2 saturated heterocycles. The topological polar surface area (TPSA) is 129 Å². The lowest BCUT2D eigenvalue weighted by Gasteiger charge is -2.31. The fraction of sp³-hybridized carbons (Fsp3) is 0.297. The number of terminal acetylenes is 1. The first-order valence-corrected chi connectivity index (χ1v) is 16.0. The van der Waals surface area contributed by atoms with Crippen LogP contribution >= 0.6 is 0 Å². The summed E-state index contributed by atoms with van der Waals surface area (Å²) in [6.07, 6.45) is 14.1. The van der Waals surface area contributed by atoms with Gasteiger partial charge in [0.15, 0.2) is 0 Å². The number of anilines is 1. The van der Waals surface area contributed by atoms with Crippen molar-refractivity contribution in [1.29, 1.82) is 0 Å². The molecular formula is C37H34N6O4. The Hall–Kier alpha value is -5.40. The van der Waals surface area contributed by atoms with Gasteiger partial charge in [0.25, 0.3) is 0 Å². The average molecular weight is 627 g/mol. The SMILES string of the molecule is C#Cc1c(C)ccc2cc(O)cc(-c3oc(=O)c4c(NCc5c[nH]c6ncccc56)nc(OCC56CCCN5CCC6)nc4c3C)c12. The van der Waals surface area contributed by atoms with Gasteiger partial charge in [0.2, 0.25) is 0 Å². The van der Waals surface area contributed by atoms with Crippen molar-refractivity contribution in [1.82, 2.24) is 24.8 Å². The summed E-state index contributed by atoms with van der Waals surface area (Å²) in [5.41, 5.74) is 4.21. The average Bonchev–Trinajstić information content (AvgIpc) is 3.78. The van der Waals surface area contributed by atoms with Crippen LogP contribution in [0.5, 0.6) is 11.8 Å². The number of hydrogen-bond acceptors (Lipinski definition) is 9. The Kier molecular flexibility index (Phi) is 6.88. The highest BCUT2D eigenvalue weighted by Gasteiger charge is 2.45. The quantitative estimate of drug-likeness (QED) is 0.177. The standard InChI is InChI=1S/C37H34N6O4/c1-4-26-21(2)9-10-23-16-25(44)17-28(29(23)26)32-22(3)31-30(35(45)47-32)34(40-19-24-18-39-33-27(24)8-5-13-38-33)42-36(41-31)46-20-37-11-6-14-43(37)15-7-12-37/h1,5,8-10,13,16-18,44H,6-7,11-12,14-15,19-20H2,2-3H3,(H,38,39)(H,40,41,42). The number of aromatic amines is 1. The Morgan fingerprint density at radius 1 is 1.15 bits per heavy atom. The number of pyridine rings is 1. The first kappa shape index (κ1) is 29.0. The molecule has 0 aliphatic carbocycles. The summed E-state index contributed by atoms with van der Waals surface area (Å²) in [5, 5.41) is 16.7. The van der Waals surface area contributed by atoms with Crippen LogP contribution in [0.3, 0.4) is 0 Å². The molecule has 0 bridgehead atoms. The van der Waals surface area contributed by atoms with Gasteiger partial charge in [0, 0.05) is 46.4 Å². The summed E-state index contributed by atoms with van der Waals surface area (Å²) in [4.78, 5) is 33.6. The maximum Gasteiger partial charge on any atom is 0.349 e. The number of phenols is 1. The second kappa shape index (κ2) is 11.1. The molecule has 0 spiro atoms. The minimum Gasteiger partial charge on any atom is -0.508 e. The third-order valence-electron chi connectivity index (χ3n) is 9.95. The zero-order valence-electron chi connectivity index (χ0n) is 26.3. The largest absolute Gasteiger partial charge is 0.508 e. The van der Waals surface area contributed by atoms with E-state index in [1.165, 1.54) is 0 Å². The Bertz CT molecular complexity index is 2310. The fourth-order valence-corrected chi connectivity index (χ4v) is 7.60. The maximum atomic E-state index is 13.9. The van der Waals surface area contributed by atoms with Crippen LogP contribution in [-0.4, -0.2) is 55.2 Å². The molecule has 6 aromatic rings. The van der Waals surface area contributed by atoms with Crippen LogP contribution in [0.1, 0.15) is 47.9 Å². The molecule has 0 radical (unpaired) electrons. The van der Waals surface area contributed by atoms with E-state index in [-0.39, 0.29) is 28.4 Å². The number of aryl methyl sites for hydroxylation is 2. The van der Waals surface area contributed by atoms with Gasteiger partial charge >= 0.3 is 11.6 Å². The van der Waals surface area contributed by atoms with Crippen LogP contribution in [-0.2, 0) is 6.54 Å². The monoisotopic (exact) mass is 626 g/mol. The van der Waals surface area contributed by atoms with E-state index in [2.05, 4.69) is 26.1 Å². The molecule has 236 valence electrons. The van der Waals surface area contributed by atoms with Gasteiger partial charge in [0.05, 0.1) is 11.1 Å². The Balaban J connectivity index is 1.28. The fourth-order valence-electron chi connectivity index (χ4n) is 7.60. The van der Waals surface area contributed by atoms with Crippen LogP contribution in [0, 0.1) is 26.2 Å². The second-order valence-electron chi connectivity index (χ2n) is 12.7. The zero-order valence-corrected chi connectivity index (χ0v) is 26.3. The smallest absolute Gasteiger partial charge is 0.349 e. The minimum atomic E-state index is -0.613. The molecular weight excluding hydrogens is 592 g/mol. The summed E-state index contributed by atoms with van der Waals surface area (Å²) in [5.74, 6) is 3.42. The highest BCUT2D eigenvalue weighted by Crippen LogP contribution is 2.41. The predicted molar refractivity (Wildman–Crippen MR) is 182 cm³/mol. The first-order valence-electron chi connectivity index (χ1n) is 16.0. The molecule has 2 fully saturated rings. The van der Waals surface area contributed by atoms with Crippen LogP contribution < -0.4 is 15.7 Å². The molecule has 8 rings (SSSR count). The zero-order chi connectivity index (χ0) is 32.3. The second-order valence-corrected chi connectivity index (χ2v) is 12.7. The van der Waals surface area contributed by atoms with Crippen molar-refractivity contribution >= 4 is 38.5 Å². The van der Waals surface area contributed by atoms with Gasteiger partial charge in [-0.15, -0.1) is 6.42 Å². The van der Waals surface area contributed by atoms with E-state index in [4.69, 9.17) is 25.5 Å². The number of aromatic nitrogens is 4. The van der Waals surface area contributed by atoms with Crippen LogP contribution in [0.2, 0.25) is 0 Å². The lowest BCUT2D eigenvalue weighted by molar-refractivity contribution is 0.108. The van der Waals surface area contributed by atoms with E-state index in [9.17, 15) is 9.90 Å². The van der Waals surface area contributed by atoms with Gasteiger partial charge in [-0.3, -0.25) is 4.90 Å². The van der Waals surface area contributed by atoms with E-state index in [1.54, 1.807) is 18.3 Å². The molecule has 2 aromatic carbocycles. The summed E-state index contributed by atoms with van der Waals surface area (Å²) in [6, 6.07) is 11.1. The van der Waals surface area contributed by atoms with E-state index >= 15 is 0 Å². The van der Waals surface area contributed by atoms with Crippen molar-refractivity contribution in [3.63, 3.8) is 0 Å². The van der Waals surface area contributed by atoms with Gasteiger partial charge in [0.1, 0.15) is 35.0 Å². The van der Waals surface area contributed by atoms with Gasteiger partial charge in [-0.1, -0.05) is 18.1 Å². The molecule has 0 atom stereocenters. The molecule has 10 heteroatoms. The first-order chi connectivity index (χ1) is 22.8. The molecule has 10 nitrogen and oxygen atoms in total. The molecule has 4 aromatic heterocycles. The Morgan fingerprint density at radius 3 is 2.79 bits per heavy atom. The van der Waals surface area contributed by atoms with Crippen molar-refractivity contribution in [2.75, 3.05) is 25.0 Å². The molecule has 47 heavy (non-hydrogen) atoms. The number of H-pyrrole nitrogens is 1. The number of aromatic hydroxyl groups is 1. The Morgan fingerprint density at radius 2 is 1.98 bits per heavy atom. The van der Waals surface area contributed by atoms with Gasteiger partial charge in [-0.25, -0.2) is 9.78 Å². The molecule has 0 unspecified atom stereocenters. The van der Waals surface area contributed by atoms with Crippen molar-refractivity contribution in [2.24, 2.45) is 0 Å². The van der Waals surface area contributed by atoms with Gasteiger partial charge in [-0.2, -0.15) is 9.97 Å². The van der Waals surface area contributed by atoms with Gasteiger partial charge < -0.3 is 24.6 Å². The van der Waals surface area contributed by atoms with Crippen LogP contribution in [0.4, 0.5) is 5.82 Å². The number of nitrogens with zero attached hydrogens (tertiary/aromatic N) is 4. The normalized spacial score (nSPS) is 15.8. The Labute approximate surface area is 270 Å². The number of benzene rings is 2. The lowest BCUT2D eigenvalue weighted by Crippen LogP contribution is -2.43. The van der Waals surface area contributed by atoms with Gasteiger partial charge in [-0.05, 0) is 93.4 Å².